The van der Waals surface area contributed by atoms with Crippen LogP contribution >= 0.6 is 0 Å². The van der Waals surface area contributed by atoms with Crippen LogP contribution in [0.5, 0.6) is 0 Å². The number of nitrogens with zero attached hydrogens (tertiary/aromatic N) is 3. The molecule has 1 aliphatic carbocycles. The topological polar surface area (TPSA) is 68.2 Å². The Morgan fingerprint density at radius 2 is 2.38 bits per heavy atom. The van der Waals surface area contributed by atoms with Gasteiger partial charge in [0.25, 0.3) is 0 Å². The van der Waals surface area contributed by atoms with E-state index in [1.165, 1.54) is 5.57 Å². The molecular weight excluding hydrogens is 262 g/mol. The molecule has 2 aromatic heterocycles. The van der Waals surface area contributed by atoms with Crippen molar-refractivity contribution in [3.63, 3.8) is 0 Å². The molecule has 0 radical (unpaired) electrons. The SMILES string of the molecule is C/C=C(\CC)c1cc(NC2CCC(N)C2)n2nccc2n1. The summed E-state index contributed by atoms with van der Waals surface area (Å²) in [4.78, 5) is 4.69. The summed E-state index contributed by atoms with van der Waals surface area (Å²) >= 11 is 0. The molecule has 2 heterocycles. The van der Waals surface area contributed by atoms with Gasteiger partial charge in [-0.25, -0.2) is 4.98 Å². The van der Waals surface area contributed by atoms with Crippen molar-refractivity contribution in [3.8, 4) is 0 Å². The predicted molar refractivity (Wildman–Crippen MR) is 86.2 cm³/mol. The van der Waals surface area contributed by atoms with Crippen LogP contribution < -0.4 is 11.1 Å². The lowest BCUT2D eigenvalue weighted by Gasteiger charge is -2.16. The zero-order chi connectivity index (χ0) is 14.8. The van der Waals surface area contributed by atoms with Crippen molar-refractivity contribution in [2.45, 2.75) is 51.6 Å². The third-order valence-corrected chi connectivity index (χ3v) is 4.24. The Kier molecular flexibility index (Phi) is 3.92. The first-order valence-electron chi connectivity index (χ1n) is 7.73. The molecule has 0 aromatic carbocycles. The number of nitrogens with one attached hydrogen (secondary N) is 1. The van der Waals surface area contributed by atoms with Crippen LogP contribution in [-0.2, 0) is 0 Å². The summed E-state index contributed by atoms with van der Waals surface area (Å²) in [5, 5.41) is 7.97. The summed E-state index contributed by atoms with van der Waals surface area (Å²) in [5.74, 6) is 1.01. The fourth-order valence-corrected chi connectivity index (χ4v) is 3.07. The Bertz CT molecular complexity index is 658. The smallest absolute Gasteiger partial charge is 0.157 e. The van der Waals surface area contributed by atoms with Gasteiger partial charge in [0.15, 0.2) is 5.65 Å². The van der Waals surface area contributed by atoms with Gasteiger partial charge in [0, 0.05) is 24.2 Å². The lowest BCUT2D eigenvalue weighted by atomic mass is 10.1. The largest absolute Gasteiger partial charge is 0.367 e. The maximum absolute atomic E-state index is 6.01. The van der Waals surface area contributed by atoms with Crippen molar-refractivity contribution in [2.75, 3.05) is 5.32 Å². The predicted octanol–water partition coefficient (Wildman–Crippen LogP) is 2.83. The van der Waals surface area contributed by atoms with Gasteiger partial charge in [-0.2, -0.15) is 9.61 Å². The first-order valence-corrected chi connectivity index (χ1v) is 7.73. The number of allylic oxidation sites excluding steroid dienone is 2. The fraction of sp³-hybridized carbons (Fsp3) is 0.500. The van der Waals surface area contributed by atoms with Crippen molar-refractivity contribution in [1.82, 2.24) is 14.6 Å². The van der Waals surface area contributed by atoms with Gasteiger partial charge in [-0.05, 0) is 38.2 Å². The second-order valence-corrected chi connectivity index (χ2v) is 5.71. The van der Waals surface area contributed by atoms with Gasteiger partial charge in [-0.1, -0.05) is 13.0 Å². The lowest BCUT2D eigenvalue weighted by molar-refractivity contribution is 0.684. The van der Waals surface area contributed by atoms with E-state index in [1.54, 1.807) is 6.20 Å². The number of fused-ring (bicyclic) bond motifs is 1. The molecule has 0 aliphatic heterocycles. The molecule has 2 aromatic rings. The zero-order valence-electron chi connectivity index (χ0n) is 12.7. The third-order valence-electron chi connectivity index (χ3n) is 4.24. The second-order valence-electron chi connectivity index (χ2n) is 5.71. The van der Waals surface area contributed by atoms with Crippen molar-refractivity contribution in [2.24, 2.45) is 5.73 Å². The van der Waals surface area contributed by atoms with Crippen molar-refractivity contribution < 1.29 is 0 Å². The highest BCUT2D eigenvalue weighted by Crippen LogP contribution is 2.25. The normalized spacial score (nSPS) is 22.9. The minimum atomic E-state index is 0.318. The molecule has 3 N–H and O–H groups in total. The van der Waals surface area contributed by atoms with E-state index in [0.717, 1.165) is 42.8 Å². The van der Waals surface area contributed by atoms with Crippen LogP contribution in [-0.4, -0.2) is 26.7 Å². The molecule has 2 atom stereocenters. The Morgan fingerprint density at radius 1 is 1.52 bits per heavy atom. The van der Waals surface area contributed by atoms with Gasteiger partial charge < -0.3 is 11.1 Å². The Labute approximate surface area is 125 Å². The molecule has 0 bridgehead atoms. The van der Waals surface area contributed by atoms with Crippen LogP contribution in [0.15, 0.2) is 24.4 Å². The van der Waals surface area contributed by atoms with Crippen LogP contribution in [0, 0.1) is 0 Å². The molecule has 2 unspecified atom stereocenters. The molecule has 1 saturated carbocycles. The van der Waals surface area contributed by atoms with E-state index in [4.69, 9.17) is 10.7 Å². The summed E-state index contributed by atoms with van der Waals surface area (Å²) in [5.41, 5.74) is 9.17. The van der Waals surface area contributed by atoms with Crippen molar-refractivity contribution in [1.29, 1.82) is 0 Å². The standard InChI is InChI=1S/C16H23N5/c1-3-11(4-2)14-10-16(19-13-6-5-12(17)9-13)21-15(20-14)7-8-18-21/h3,7-8,10,12-13,19H,4-6,9,17H2,1-2H3/b11-3+. The molecule has 21 heavy (non-hydrogen) atoms. The van der Waals surface area contributed by atoms with Crippen molar-refractivity contribution >= 4 is 17.0 Å². The van der Waals surface area contributed by atoms with Crippen molar-refractivity contribution in [3.05, 3.63) is 30.1 Å². The molecule has 0 amide bonds. The van der Waals surface area contributed by atoms with Gasteiger partial charge in [-0.15, -0.1) is 0 Å². The number of anilines is 1. The van der Waals surface area contributed by atoms with Gasteiger partial charge in [0.05, 0.1) is 11.9 Å². The van der Waals surface area contributed by atoms with Crippen LogP contribution in [0.1, 0.15) is 45.2 Å². The first-order chi connectivity index (χ1) is 10.2. The summed E-state index contributed by atoms with van der Waals surface area (Å²) in [6.45, 7) is 4.21. The molecule has 5 nitrogen and oxygen atoms in total. The molecule has 1 aliphatic rings. The number of hydrogen-bond acceptors (Lipinski definition) is 4. The minimum absolute atomic E-state index is 0.318. The lowest BCUT2D eigenvalue weighted by Crippen LogP contribution is -2.22. The Morgan fingerprint density at radius 3 is 3.05 bits per heavy atom. The van der Waals surface area contributed by atoms with E-state index in [9.17, 15) is 0 Å². The van der Waals surface area contributed by atoms with Crippen LogP contribution in [0.2, 0.25) is 0 Å². The van der Waals surface area contributed by atoms with Crippen LogP contribution in [0.4, 0.5) is 5.82 Å². The summed E-state index contributed by atoms with van der Waals surface area (Å²) in [7, 11) is 0. The number of hydrogen-bond donors (Lipinski definition) is 2. The molecule has 5 heteroatoms. The van der Waals surface area contributed by atoms with Gasteiger partial charge >= 0.3 is 0 Å². The van der Waals surface area contributed by atoms with Gasteiger partial charge in [0.2, 0.25) is 0 Å². The van der Waals surface area contributed by atoms with E-state index in [-0.39, 0.29) is 0 Å². The Balaban J connectivity index is 1.97. The molecule has 3 rings (SSSR count). The highest BCUT2D eigenvalue weighted by atomic mass is 15.3. The van der Waals surface area contributed by atoms with Crippen LogP contribution in [0.3, 0.4) is 0 Å². The minimum Gasteiger partial charge on any atom is -0.367 e. The van der Waals surface area contributed by atoms with Gasteiger partial charge in [0.1, 0.15) is 5.82 Å². The fourth-order valence-electron chi connectivity index (χ4n) is 3.07. The summed E-state index contributed by atoms with van der Waals surface area (Å²) in [6, 6.07) is 4.79. The third kappa shape index (κ3) is 2.78. The Hall–Kier alpha value is -1.88. The van der Waals surface area contributed by atoms with Crippen LogP contribution in [0.25, 0.3) is 11.2 Å². The van der Waals surface area contributed by atoms with E-state index >= 15 is 0 Å². The zero-order valence-corrected chi connectivity index (χ0v) is 12.7. The molecule has 0 spiro atoms. The number of aromatic nitrogens is 3. The number of rotatable bonds is 4. The quantitative estimate of drug-likeness (QED) is 0.906. The second kappa shape index (κ2) is 5.85. The highest BCUT2D eigenvalue weighted by Gasteiger charge is 2.22. The summed E-state index contributed by atoms with van der Waals surface area (Å²) in [6.07, 6.45) is 8.12. The number of nitrogens with two attached hydrogens (primary N) is 1. The molecule has 1 fully saturated rings. The van der Waals surface area contributed by atoms with Gasteiger partial charge in [-0.3, -0.25) is 0 Å². The monoisotopic (exact) mass is 285 g/mol. The highest BCUT2D eigenvalue weighted by molar-refractivity contribution is 5.67. The van der Waals surface area contributed by atoms with E-state index in [2.05, 4.69) is 36.4 Å². The maximum Gasteiger partial charge on any atom is 0.157 e. The maximum atomic E-state index is 6.01. The van der Waals surface area contributed by atoms with E-state index in [1.807, 2.05) is 10.6 Å². The molecular formula is C16H23N5. The molecule has 112 valence electrons. The first kappa shape index (κ1) is 14.1. The van der Waals surface area contributed by atoms with E-state index < -0.39 is 0 Å². The summed E-state index contributed by atoms with van der Waals surface area (Å²) < 4.78 is 1.87. The van der Waals surface area contributed by atoms with E-state index in [0.29, 0.717) is 12.1 Å². The average molecular weight is 285 g/mol. The average Bonchev–Trinajstić information content (AvgIpc) is 3.09. The molecule has 0 saturated heterocycles.